The second kappa shape index (κ2) is 4.99. The minimum Gasteiger partial charge on any atom is -0.497 e. The van der Waals surface area contributed by atoms with Gasteiger partial charge in [-0.15, -0.1) is 5.10 Å². The predicted molar refractivity (Wildman–Crippen MR) is 66.2 cm³/mol. The van der Waals surface area contributed by atoms with E-state index in [0.29, 0.717) is 5.92 Å². The Hall–Kier alpha value is -1.84. The Balaban J connectivity index is 2.08. The maximum absolute atomic E-state index is 5.12. The molecule has 1 aromatic carbocycles. The number of rotatable bonds is 4. The van der Waals surface area contributed by atoms with E-state index in [-0.39, 0.29) is 0 Å². The van der Waals surface area contributed by atoms with Crippen LogP contribution >= 0.6 is 0 Å². The highest BCUT2D eigenvalue weighted by molar-refractivity contribution is 5.27. The number of benzene rings is 1. The Labute approximate surface area is 101 Å². The molecule has 1 heterocycles. The Morgan fingerprint density at radius 3 is 2.47 bits per heavy atom. The van der Waals surface area contributed by atoms with Crippen molar-refractivity contribution < 1.29 is 4.74 Å². The van der Waals surface area contributed by atoms with Gasteiger partial charge in [0.1, 0.15) is 5.75 Å². The van der Waals surface area contributed by atoms with Crippen LogP contribution < -0.4 is 4.74 Å². The van der Waals surface area contributed by atoms with Gasteiger partial charge in [0.25, 0.3) is 0 Å². The van der Waals surface area contributed by atoms with Crippen LogP contribution in [0.25, 0.3) is 0 Å². The lowest BCUT2D eigenvalue weighted by molar-refractivity contribution is 0.414. The molecule has 0 aliphatic rings. The average molecular weight is 231 g/mol. The van der Waals surface area contributed by atoms with Crippen LogP contribution in [0.15, 0.2) is 30.5 Å². The molecule has 0 atom stereocenters. The first-order chi connectivity index (χ1) is 8.19. The third-order valence-corrected chi connectivity index (χ3v) is 2.65. The number of nitrogens with zero attached hydrogens (tertiary/aromatic N) is 3. The van der Waals surface area contributed by atoms with Crippen molar-refractivity contribution in [1.29, 1.82) is 0 Å². The van der Waals surface area contributed by atoms with Crippen LogP contribution in [0.3, 0.4) is 0 Å². The Morgan fingerprint density at radius 1 is 1.24 bits per heavy atom. The van der Waals surface area contributed by atoms with E-state index >= 15 is 0 Å². The van der Waals surface area contributed by atoms with E-state index < -0.39 is 0 Å². The number of hydrogen-bond donors (Lipinski definition) is 0. The molecule has 0 radical (unpaired) electrons. The molecule has 4 heteroatoms. The van der Waals surface area contributed by atoms with Crippen molar-refractivity contribution >= 4 is 0 Å². The molecule has 1 aromatic heterocycles. The SMILES string of the molecule is COc1ccc(Cn2cc(C(C)C)nn2)cc1. The largest absolute Gasteiger partial charge is 0.497 e. The maximum atomic E-state index is 5.12. The second-order valence-corrected chi connectivity index (χ2v) is 4.34. The lowest BCUT2D eigenvalue weighted by atomic mass is 10.1. The predicted octanol–water partition coefficient (Wildman–Crippen LogP) is 2.46. The molecular formula is C13H17N3O. The summed E-state index contributed by atoms with van der Waals surface area (Å²) >= 11 is 0. The number of methoxy groups -OCH3 is 1. The molecule has 0 spiro atoms. The van der Waals surface area contributed by atoms with Crippen LogP contribution in [0, 0.1) is 0 Å². The molecule has 0 fully saturated rings. The van der Waals surface area contributed by atoms with Gasteiger partial charge < -0.3 is 4.74 Å². The third-order valence-electron chi connectivity index (χ3n) is 2.65. The monoisotopic (exact) mass is 231 g/mol. The number of aromatic nitrogens is 3. The summed E-state index contributed by atoms with van der Waals surface area (Å²) < 4.78 is 6.98. The topological polar surface area (TPSA) is 39.9 Å². The lowest BCUT2D eigenvalue weighted by Gasteiger charge is -2.03. The Kier molecular flexibility index (Phi) is 3.42. The van der Waals surface area contributed by atoms with E-state index in [4.69, 9.17) is 4.74 Å². The van der Waals surface area contributed by atoms with Gasteiger partial charge >= 0.3 is 0 Å². The first-order valence-corrected chi connectivity index (χ1v) is 5.72. The van der Waals surface area contributed by atoms with Crippen molar-refractivity contribution in [3.8, 4) is 5.75 Å². The minimum absolute atomic E-state index is 0.416. The quantitative estimate of drug-likeness (QED) is 0.811. The van der Waals surface area contributed by atoms with Crippen LogP contribution in [-0.2, 0) is 6.54 Å². The third kappa shape index (κ3) is 2.84. The molecular weight excluding hydrogens is 214 g/mol. The standard InChI is InChI=1S/C13H17N3O/c1-10(2)13-9-16(15-14-13)8-11-4-6-12(17-3)7-5-11/h4-7,9-10H,8H2,1-3H3. The summed E-state index contributed by atoms with van der Waals surface area (Å²) in [4.78, 5) is 0. The zero-order valence-electron chi connectivity index (χ0n) is 10.4. The van der Waals surface area contributed by atoms with E-state index in [9.17, 15) is 0 Å². The van der Waals surface area contributed by atoms with Crippen LogP contribution in [-0.4, -0.2) is 22.1 Å². The molecule has 0 saturated heterocycles. The molecule has 0 aliphatic carbocycles. The molecule has 4 nitrogen and oxygen atoms in total. The van der Waals surface area contributed by atoms with Crippen molar-refractivity contribution in [3.05, 3.63) is 41.7 Å². The molecule has 0 aliphatic heterocycles. The van der Waals surface area contributed by atoms with Crippen LogP contribution in [0.2, 0.25) is 0 Å². The van der Waals surface area contributed by atoms with Crippen molar-refractivity contribution in [2.24, 2.45) is 0 Å². The van der Waals surface area contributed by atoms with Crippen LogP contribution in [0.4, 0.5) is 0 Å². The summed E-state index contributed by atoms with van der Waals surface area (Å²) in [5, 5.41) is 8.24. The summed E-state index contributed by atoms with van der Waals surface area (Å²) in [5.74, 6) is 1.29. The Morgan fingerprint density at radius 2 is 1.94 bits per heavy atom. The number of hydrogen-bond acceptors (Lipinski definition) is 3. The zero-order chi connectivity index (χ0) is 12.3. The molecule has 2 aromatic rings. The highest BCUT2D eigenvalue weighted by Crippen LogP contribution is 2.13. The molecule has 2 rings (SSSR count). The van der Waals surface area contributed by atoms with Crippen molar-refractivity contribution in [3.63, 3.8) is 0 Å². The van der Waals surface area contributed by atoms with Gasteiger partial charge in [-0.25, -0.2) is 4.68 Å². The first-order valence-electron chi connectivity index (χ1n) is 5.72. The molecule has 90 valence electrons. The zero-order valence-corrected chi connectivity index (χ0v) is 10.4. The Bertz CT molecular complexity index is 474. The van der Waals surface area contributed by atoms with Gasteiger partial charge in [0, 0.05) is 6.20 Å². The van der Waals surface area contributed by atoms with E-state index in [1.54, 1.807) is 7.11 Å². The van der Waals surface area contributed by atoms with Gasteiger partial charge in [0.15, 0.2) is 0 Å². The van der Waals surface area contributed by atoms with Gasteiger partial charge in [-0.2, -0.15) is 0 Å². The van der Waals surface area contributed by atoms with Crippen LogP contribution in [0.5, 0.6) is 5.75 Å². The van der Waals surface area contributed by atoms with Crippen LogP contribution in [0.1, 0.15) is 31.0 Å². The summed E-state index contributed by atoms with van der Waals surface area (Å²) in [7, 11) is 1.67. The second-order valence-electron chi connectivity index (χ2n) is 4.34. The minimum atomic E-state index is 0.416. The summed E-state index contributed by atoms with van der Waals surface area (Å²) in [6, 6.07) is 7.98. The first kappa shape index (κ1) is 11.6. The van der Waals surface area contributed by atoms with E-state index in [0.717, 1.165) is 18.0 Å². The summed E-state index contributed by atoms with van der Waals surface area (Å²) in [6.07, 6.45) is 1.99. The normalized spacial score (nSPS) is 10.8. The van der Waals surface area contributed by atoms with Gasteiger partial charge in [-0.05, 0) is 23.6 Å². The molecule has 17 heavy (non-hydrogen) atoms. The van der Waals surface area contributed by atoms with Gasteiger partial charge in [0.2, 0.25) is 0 Å². The fourth-order valence-corrected chi connectivity index (χ4v) is 1.57. The highest BCUT2D eigenvalue weighted by atomic mass is 16.5. The van der Waals surface area contributed by atoms with E-state index in [1.165, 1.54) is 5.56 Å². The maximum Gasteiger partial charge on any atom is 0.118 e. The highest BCUT2D eigenvalue weighted by Gasteiger charge is 2.05. The van der Waals surface area contributed by atoms with Crippen molar-refractivity contribution in [2.45, 2.75) is 26.3 Å². The summed E-state index contributed by atoms with van der Waals surface area (Å²) in [6.45, 7) is 4.97. The van der Waals surface area contributed by atoms with E-state index in [1.807, 2.05) is 35.1 Å². The number of ether oxygens (including phenoxy) is 1. The molecule has 0 amide bonds. The fraction of sp³-hybridized carbons (Fsp3) is 0.385. The smallest absolute Gasteiger partial charge is 0.118 e. The van der Waals surface area contributed by atoms with Gasteiger partial charge in [-0.1, -0.05) is 31.2 Å². The summed E-state index contributed by atoms with van der Waals surface area (Å²) in [5.41, 5.74) is 2.21. The van der Waals surface area contributed by atoms with Crippen molar-refractivity contribution in [2.75, 3.05) is 7.11 Å². The van der Waals surface area contributed by atoms with Crippen molar-refractivity contribution in [1.82, 2.24) is 15.0 Å². The van der Waals surface area contributed by atoms with Gasteiger partial charge in [0.05, 0.1) is 19.3 Å². The molecule has 0 saturated carbocycles. The molecule has 0 bridgehead atoms. The average Bonchev–Trinajstić information content (AvgIpc) is 2.79. The fourth-order valence-electron chi connectivity index (χ4n) is 1.57. The lowest BCUT2D eigenvalue weighted by Crippen LogP contribution is -2.00. The van der Waals surface area contributed by atoms with Gasteiger partial charge in [-0.3, -0.25) is 0 Å². The molecule has 0 N–H and O–H groups in total. The molecule has 0 unspecified atom stereocenters. The van der Waals surface area contributed by atoms with E-state index in [2.05, 4.69) is 24.2 Å².